The van der Waals surface area contributed by atoms with Crippen LogP contribution in [0.5, 0.6) is 0 Å². The molecule has 0 radical (unpaired) electrons. The smallest absolute Gasteiger partial charge is 0.275 e. The van der Waals surface area contributed by atoms with Gasteiger partial charge in [-0.15, -0.1) is 0 Å². The summed E-state index contributed by atoms with van der Waals surface area (Å²) >= 11 is 5.79. The molecule has 1 N–H and O–H groups in total. The number of anilines is 2. The SMILES string of the molecule is Cc1nc(N2C[C@H]3C[C@H]3C2=O)c(F)cc1C(C)n1cc(NC(=O)c2cncc(-c3c(C(F)F)ccc(Cl)c3F)n2)cn1. The Hall–Kier alpha value is -4.39. The second-order valence-electron chi connectivity index (χ2n) is 10.3. The molecular formula is C28H22ClF4N7O2. The monoisotopic (exact) mass is 599 g/mol. The van der Waals surface area contributed by atoms with E-state index in [0.717, 1.165) is 30.9 Å². The maximum Gasteiger partial charge on any atom is 0.275 e. The van der Waals surface area contributed by atoms with Gasteiger partial charge >= 0.3 is 0 Å². The molecule has 3 aromatic heterocycles. The van der Waals surface area contributed by atoms with Gasteiger partial charge in [-0.3, -0.25) is 24.2 Å². The van der Waals surface area contributed by atoms with Gasteiger partial charge < -0.3 is 5.32 Å². The van der Waals surface area contributed by atoms with Crippen LogP contribution in [-0.4, -0.2) is 43.1 Å². The number of pyridine rings is 1. The number of nitrogens with one attached hydrogen (secondary N) is 1. The Bertz CT molecular complexity index is 1750. The van der Waals surface area contributed by atoms with Gasteiger partial charge in [0.25, 0.3) is 12.3 Å². The van der Waals surface area contributed by atoms with E-state index in [1.165, 1.54) is 28.0 Å². The second-order valence-corrected chi connectivity index (χ2v) is 10.7. The van der Waals surface area contributed by atoms with Gasteiger partial charge in [-0.2, -0.15) is 5.10 Å². The molecule has 0 spiro atoms. The van der Waals surface area contributed by atoms with Crippen molar-refractivity contribution >= 4 is 34.9 Å². The van der Waals surface area contributed by atoms with E-state index in [2.05, 4.69) is 25.4 Å². The van der Waals surface area contributed by atoms with Crippen molar-refractivity contribution in [1.82, 2.24) is 24.7 Å². The molecule has 216 valence electrons. The Morgan fingerprint density at radius 3 is 2.64 bits per heavy atom. The van der Waals surface area contributed by atoms with Gasteiger partial charge in [-0.25, -0.2) is 27.5 Å². The number of benzene rings is 1. The average molecular weight is 600 g/mol. The van der Waals surface area contributed by atoms with Crippen molar-refractivity contribution in [2.45, 2.75) is 32.7 Å². The number of fused-ring (bicyclic) bond motifs is 1. The van der Waals surface area contributed by atoms with Crippen LogP contribution >= 0.6 is 11.6 Å². The number of alkyl halides is 2. The summed E-state index contributed by atoms with van der Waals surface area (Å²) in [5.74, 6) is -2.28. The number of carbonyl (C=O) groups is 2. The van der Waals surface area contributed by atoms with Crippen molar-refractivity contribution in [2.24, 2.45) is 11.8 Å². The van der Waals surface area contributed by atoms with Gasteiger partial charge in [0.2, 0.25) is 5.91 Å². The first-order valence-corrected chi connectivity index (χ1v) is 13.3. The van der Waals surface area contributed by atoms with Crippen LogP contribution in [0.1, 0.15) is 53.1 Å². The summed E-state index contributed by atoms with van der Waals surface area (Å²) in [6.07, 6.45) is 2.86. The number of nitrogens with zero attached hydrogens (tertiary/aromatic N) is 6. The van der Waals surface area contributed by atoms with Crippen LogP contribution in [0.15, 0.2) is 43.0 Å². The third-order valence-corrected chi connectivity index (χ3v) is 7.85. The molecular weight excluding hydrogens is 578 g/mol. The first-order valence-electron chi connectivity index (χ1n) is 13.0. The molecule has 9 nitrogen and oxygen atoms in total. The summed E-state index contributed by atoms with van der Waals surface area (Å²) < 4.78 is 58.4. The van der Waals surface area contributed by atoms with Crippen molar-refractivity contribution in [3.05, 3.63) is 82.2 Å². The van der Waals surface area contributed by atoms with Gasteiger partial charge in [-0.1, -0.05) is 17.7 Å². The summed E-state index contributed by atoms with van der Waals surface area (Å²) in [5.41, 5.74) is -0.428. The molecule has 6 rings (SSSR count). The molecule has 1 aliphatic heterocycles. The van der Waals surface area contributed by atoms with Gasteiger partial charge in [0.05, 0.1) is 41.0 Å². The van der Waals surface area contributed by atoms with E-state index in [0.29, 0.717) is 17.8 Å². The molecule has 14 heteroatoms. The lowest BCUT2D eigenvalue weighted by molar-refractivity contribution is -0.118. The Balaban J connectivity index is 1.20. The summed E-state index contributed by atoms with van der Waals surface area (Å²) in [6, 6.07) is 2.85. The van der Waals surface area contributed by atoms with Crippen LogP contribution in [0.25, 0.3) is 11.3 Å². The Morgan fingerprint density at radius 1 is 1.14 bits per heavy atom. The molecule has 4 aromatic rings. The lowest BCUT2D eigenvalue weighted by atomic mass is 10.0. The molecule has 1 aliphatic carbocycles. The number of piperidine rings is 1. The average Bonchev–Trinajstić information content (AvgIpc) is 3.46. The standard InChI is InChI=1S/C28H22ClF4N7O2/c1-12-17(6-20(30)26(36-12)39-10-14-5-18(14)28(39)42)13(2)40-11-15(7-35-40)37-27(41)22-9-34-8-21(38-22)23-16(25(32)33)3-4-19(29)24(23)31/h3-4,6-9,11,13-14,18,25H,5,10H2,1-2H3,(H,37,41)/t13?,14-,18-/m1/s1. The molecule has 3 atom stereocenters. The van der Waals surface area contributed by atoms with Crippen molar-refractivity contribution in [3.63, 3.8) is 0 Å². The van der Waals surface area contributed by atoms with Crippen molar-refractivity contribution in [1.29, 1.82) is 0 Å². The highest BCUT2D eigenvalue weighted by Crippen LogP contribution is 2.47. The van der Waals surface area contributed by atoms with E-state index in [4.69, 9.17) is 11.6 Å². The molecule has 4 heterocycles. The molecule has 1 aromatic carbocycles. The minimum absolute atomic E-state index is 0.0237. The quantitative estimate of drug-likeness (QED) is 0.271. The van der Waals surface area contributed by atoms with E-state index >= 15 is 4.39 Å². The zero-order valence-corrected chi connectivity index (χ0v) is 22.9. The predicted molar refractivity (Wildman–Crippen MR) is 144 cm³/mol. The maximum absolute atomic E-state index is 15.1. The van der Waals surface area contributed by atoms with E-state index in [9.17, 15) is 22.8 Å². The van der Waals surface area contributed by atoms with Crippen LogP contribution in [0, 0.1) is 30.4 Å². The highest BCUT2D eigenvalue weighted by Gasteiger charge is 2.53. The zero-order chi connectivity index (χ0) is 29.9. The van der Waals surface area contributed by atoms with Gasteiger partial charge in [0.1, 0.15) is 5.69 Å². The van der Waals surface area contributed by atoms with Crippen LogP contribution in [0.4, 0.5) is 29.1 Å². The third-order valence-electron chi connectivity index (χ3n) is 7.56. The van der Waals surface area contributed by atoms with Crippen LogP contribution in [-0.2, 0) is 4.79 Å². The first kappa shape index (κ1) is 27.8. The van der Waals surface area contributed by atoms with E-state index in [1.54, 1.807) is 13.8 Å². The molecule has 1 saturated carbocycles. The lowest BCUT2D eigenvalue weighted by Crippen LogP contribution is -2.30. The number of hydrogen-bond acceptors (Lipinski definition) is 6. The van der Waals surface area contributed by atoms with Gasteiger partial charge in [0.15, 0.2) is 17.5 Å². The normalized spacial score (nSPS) is 18.4. The third kappa shape index (κ3) is 4.87. The number of hydrogen-bond donors (Lipinski definition) is 1. The summed E-state index contributed by atoms with van der Waals surface area (Å²) in [5, 5.41) is 6.46. The molecule has 2 amide bonds. The summed E-state index contributed by atoms with van der Waals surface area (Å²) in [4.78, 5) is 39.0. The lowest BCUT2D eigenvalue weighted by Gasteiger charge is -2.21. The van der Waals surface area contributed by atoms with Crippen LogP contribution in [0.3, 0.4) is 0 Å². The van der Waals surface area contributed by atoms with Crippen molar-refractivity contribution < 1.29 is 27.2 Å². The highest BCUT2D eigenvalue weighted by atomic mass is 35.5. The molecule has 42 heavy (non-hydrogen) atoms. The van der Waals surface area contributed by atoms with Gasteiger partial charge in [0, 0.05) is 41.0 Å². The topological polar surface area (TPSA) is 106 Å². The van der Waals surface area contributed by atoms with Gasteiger partial charge in [-0.05, 0) is 38.3 Å². The minimum Gasteiger partial charge on any atom is -0.318 e. The molecule has 2 fully saturated rings. The van der Waals surface area contributed by atoms with Crippen molar-refractivity contribution in [2.75, 3.05) is 16.8 Å². The Labute approximate surface area is 241 Å². The second kappa shape index (κ2) is 10.5. The van der Waals surface area contributed by atoms with E-state index in [1.807, 2.05) is 0 Å². The summed E-state index contributed by atoms with van der Waals surface area (Å²) in [7, 11) is 0. The number of halogens is 5. The molecule has 0 bridgehead atoms. The molecule has 1 saturated heterocycles. The first-order chi connectivity index (χ1) is 20.0. The fraction of sp³-hybridized carbons (Fsp3) is 0.286. The minimum atomic E-state index is -3.02. The summed E-state index contributed by atoms with van der Waals surface area (Å²) in [6.45, 7) is 3.96. The largest absolute Gasteiger partial charge is 0.318 e. The predicted octanol–water partition coefficient (Wildman–Crippen LogP) is 5.76. The Kier molecular flexibility index (Phi) is 6.92. The fourth-order valence-corrected chi connectivity index (χ4v) is 5.37. The molecule has 1 unspecified atom stereocenters. The van der Waals surface area contributed by atoms with Crippen LogP contribution in [0.2, 0.25) is 5.02 Å². The number of carbonyl (C=O) groups excluding carboxylic acids is 2. The fourth-order valence-electron chi connectivity index (χ4n) is 5.22. The molecule has 2 aliphatic rings. The van der Waals surface area contributed by atoms with E-state index < -0.39 is 41.1 Å². The number of rotatable bonds is 7. The highest BCUT2D eigenvalue weighted by molar-refractivity contribution is 6.31. The van der Waals surface area contributed by atoms with Crippen LogP contribution < -0.4 is 10.2 Å². The van der Waals surface area contributed by atoms with E-state index in [-0.39, 0.29) is 45.7 Å². The number of amides is 2. The number of aryl methyl sites for hydroxylation is 1. The maximum atomic E-state index is 15.1. The van der Waals surface area contributed by atoms with Crippen molar-refractivity contribution in [3.8, 4) is 11.3 Å². The Morgan fingerprint density at radius 2 is 1.93 bits per heavy atom. The number of aromatic nitrogens is 5. The zero-order valence-electron chi connectivity index (χ0n) is 22.2.